The van der Waals surface area contributed by atoms with Crippen molar-refractivity contribution in [2.75, 3.05) is 27.3 Å². The molecule has 39 heavy (non-hydrogen) atoms. The third-order valence-corrected chi connectivity index (χ3v) is 8.74. The fraction of sp³-hybridized carbons (Fsp3) is 0.462. The highest BCUT2D eigenvalue weighted by Crippen LogP contribution is 2.37. The maximum Gasteiger partial charge on any atom is 0.573 e. The number of para-hydroxylation sites is 1. The molecular formula is C26H30F3N3O6S. The van der Waals surface area contributed by atoms with Gasteiger partial charge in [-0.3, -0.25) is 4.79 Å². The summed E-state index contributed by atoms with van der Waals surface area (Å²) in [6, 6.07) is 9.64. The van der Waals surface area contributed by atoms with Gasteiger partial charge in [0.25, 0.3) is 0 Å². The second-order valence-corrected chi connectivity index (χ2v) is 11.9. The Labute approximate surface area is 225 Å². The molecule has 2 aromatic rings. The van der Waals surface area contributed by atoms with Crippen LogP contribution in [0.25, 0.3) is 0 Å². The lowest BCUT2D eigenvalue weighted by atomic mass is 9.82. The lowest BCUT2D eigenvalue weighted by molar-refractivity contribution is -0.275. The Morgan fingerprint density at radius 1 is 0.974 bits per heavy atom. The Morgan fingerprint density at radius 2 is 1.62 bits per heavy atom. The molecule has 0 spiro atoms. The van der Waals surface area contributed by atoms with Gasteiger partial charge < -0.3 is 14.2 Å². The maximum atomic E-state index is 13.3. The molecule has 212 valence electrons. The van der Waals surface area contributed by atoms with E-state index in [1.807, 2.05) is 19.9 Å². The molecule has 2 aliphatic rings. The SMILES string of the molecule is COc1ccc(C2=NN(C3CCN(S(=O)(=O)c4ccccc4OC(F)(F)F)CC3)C(=O)C(C)(C)C2)cc1OC. The van der Waals surface area contributed by atoms with Crippen molar-refractivity contribution in [3.05, 3.63) is 48.0 Å². The lowest BCUT2D eigenvalue weighted by Gasteiger charge is -2.41. The van der Waals surface area contributed by atoms with Gasteiger partial charge in [0.15, 0.2) is 11.5 Å². The molecule has 13 heteroatoms. The van der Waals surface area contributed by atoms with Crippen LogP contribution in [0.5, 0.6) is 17.2 Å². The van der Waals surface area contributed by atoms with Crippen LogP contribution in [0.3, 0.4) is 0 Å². The highest BCUT2D eigenvalue weighted by molar-refractivity contribution is 7.89. The van der Waals surface area contributed by atoms with Crippen LogP contribution in [0.4, 0.5) is 13.2 Å². The van der Waals surface area contributed by atoms with Crippen molar-refractivity contribution in [3.8, 4) is 17.2 Å². The zero-order valence-electron chi connectivity index (χ0n) is 22.0. The average Bonchev–Trinajstić information content (AvgIpc) is 2.89. The first-order valence-corrected chi connectivity index (χ1v) is 13.7. The number of carbonyl (C=O) groups excluding carboxylic acids is 1. The number of sulfonamides is 1. The molecule has 2 aliphatic heterocycles. The van der Waals surface area contributed by atoms with Crippen molar-refractivity contribution in [1.29, 1.82) is 0 Å². The van der Waals surface area contributed by atoms with Crippen molar-refractivity contribution in [3.63, 3.8) is 0 Å². The van der Waals surface area contributed by atoms with Crippen molar-refractivity contribution < 1.29 is 40.6 Å². The summed E-state index contributed by atoms with van der Waals surface area (Å²) in [5.41, 5.74) is 0.676. The van der Waals surface area contributed by atoms with Crippen LogP contribution in [0.2, 0.25) is 0 Å². The highest BCUT2D eigenvalue weighted by atomic mass is 32.2. The lowest BCUT2D eigenvalue weighted by Crippen LogP contribution is -2.52. The van der Waals surface area contributed by atoms with Gasteiger partial charge in [0.2, 0.25) is 15.9 Å². The number of hydrogen-bond acceptors (Lipinski definition) is 7. The van der Waals surface area contributed by atoms with Crippen molar-refractivity contribution in [1.82, 2.24) is 9.31 Å². The Bertz CT molecular complexity index is 1370. The third-order valence-electron chi connectivity index (χ3n) is 6.80. The number of nitrogens with zero attached hydrogens (tertiary/aromatic N) is 3. The van der Waals surface area contributed by atoms with Gasteiger partial charge >= 0.3 is 6.36 Å². The molecule has 0 radical (unpaired) electrons. The van der Waals surface area contributed by atoms with E-state index in [0.717, 1.165) is 22.0 Å². The van der Waals surface area contributed by atoms with Crippen LogP contribution in [-0.4, -0.2) is 69.1 Å². The second-order valence-electron chi connectivity index (χ2n) is 9.96. The Morgan fingerprint density at radius 3 is 2.23 bits per heavy atom. The minimum Gasteiger partial charge on any atom is -0.493 e. The van der Waals surface area contributed by atoms with Crippen LogP contribution < -0.4 is 14.2 Å². The minimum absolute atomic E-state index is 0.00122. The molecule has 0 atom stereocenters. The van der Waals surface area contributed by atoms with Crippen LogP contribution in [-0.2, 0) is 14.8 Å². The first kappa shape index (κ1) is 28.7. The number of hydrazone groups is 1. The summed E-state index contributed by atoms with van der Waals surface area (Å²) in [6.07, 6.45) is -4.14. The predicted octanol–water partition coefficient (Wildman–Crippen LogP) is 4.42. The molecular weight excluding hydrogens is 539 g/mol. The minimum atomic E-state index is -5.04. The van der Waals surface area contributed by atoms with Gasteiger partial charge in [-0.2, -0.15) is 9.41 Å². The fourth-order valence-electron chi connectivity index (χ4n) is 4.78. The number of benzene rings is 2. The maximum absolute atomic E-state index is 13.3. The summed E-state index contributed by atoms with van der Waals surface area (Å²) in [6.45, 7) is 3.65. The number of hydrogen-bond donors (Lipinski definition) is 0. The zero-order chi connectivity index (χ0) is 28.6. The number of alkyl halides is 3. The fourth-order valence-corrected chi connectivity index (χ4v) is 6.36. The summed E-state index contributed by atoms with van der Waals surface area (Å²) < 4.78 is 80.8. The van der Waals surface area contributed by atoms with Gasteiger partial charge in [-0.25, -0.2) is 13.4 Å². The van der Waals surface area contributed by atoms with E-state index >= 15 is 0 Å². The van der Waals surface area contributed by atoms with Gasteiger partial charge in [-0.1, -0.05) is 26.0 Å². The molecule has 2 heterocycles. The van der Waals surface area contributed by atoms with Crippen molar-refractivity contribution >= 4 is 21.6 Å². The zero-order valence-corrected chi connectivity index (χ0v) is 22.8. The monoisotopic (exact) mass is 569 g/mol. The van der Waals surface area contributed by atoms with Gasteiger partial charge in [0.1, 0.15) is 10.6 Å². The van der Waals surface area contributed by atoms with E-state index in [1.165, 1.54) is 31.4 Å². The average molecular weight is 570 g/mol. The van der Waals surface area contributed by atoms with Crippen molar-refractivity contribution in [2.45, 2.75) is 50.4 Å². The summed E-state index contributed by atoms with van der Waals surface area (Å²) in [5.74, 6) is 0.106. The molecule has 2 aromatic carbocycles. The number of ether oxygens (including phenoxy) is 3. The standard InChI is InChI=1S/C26H30F3N3O6S/c1-25(2)16-19(17-9-10-20(36-3)22(15-17)37-4)30-32(24(25)33)18-11-13-31(14-12-18)39(34,35)23-8-6-5-7-21(23)38-26(27,28)29/h5-10,15,18H,11-14,16H2,1-4H3. The van der Waals surface area contributed by atoms with Gasteiger partial charge in [0.05, 0.1) is 31.4 Å². The molecule has 0 aromatic heterocycles. The molecule has 0 bridgehead atoms. The predicted molar refractivity (Wildman–Crippen MR) is 136 cm³/mol. The van der Waals surface area contributed by atoms with Gasteiger partial charge in [-0.05, 0) is 43.2 Å². The number of amides is 1. The molecule has 0 unspecified atom stereocenters. The summed E-state index contributed by atoms with van der Waals surface area (Å²) in [4.78, 5) is 12.8. The topological polar surface area (TPSA) is 97.7 Å². The Kier molecular flexibility index (Phi) is 7.86. The van der Waals surface area contributed by atoms with E-state index in [1.54, 1.807) is 12.1 Å². The molecule has 0 aliphatic carbocycles. The number of halogens is 3. The number of methoxy groups -OCH3 is 2. The molecule has 9 nitrogen and oxygen atoms in total. The Hall–Kier alpha value is -3.32. The van der Waals surface area contributed by atoms with E-state index in [-0.39, 0.29) is 37.9 Å². The molecule has 1 fully saturated rings. The Balaban J connectivity index is 1.56. The number of carbonyl (C=O) groups is 1. The van der Waals surface area contributed by atoms with Crippen molar-refractivity contribution in [2.24, 2.45) is 10.5 Å². The molecule has 0 N–H and O–H groups in total. The first-order chi connectivity index (χ1) is 18.3. The van der Waals surface area contributed by atoms with Crippen LogP contribution in [0.15, 0.2) is 52.5 Å². The van der Waals surface area contributed by atoms with E-state index < -0.39 is 32.4 Å². The summed E-state index contributed by atoms with van der Waals surface area (Å²) in [7, 11) is -1.22. The molecule has 1 amide bonds. The van der Waals surface area contributed by atoms with E-state index in [9.17, 15) is 26.4 Å². The van der Waals surface area contributed by atoms with Crippen LogP contribution in [0, 0.1) is 5.41 Å². The van der Waals surface area contributed by atoms with Crippen LogP contribution in [0.1, 0.15) is 38.7 Å². The third kappa shape index (κ3) is 5.98. The van der Waals surface area contributed by atoms with Gasteiger partial charge in [-0.15, -0.1) is 13.2 Å². The molecule has 1 saturated heterocycles. The quantitative estimate of drug-likeness (QED) is 0.490. The molecule has 0 saturated carbocycles. The van der Waals surface area contributed by atoms with E-state index in [4.69, 9.17) is 9.47 Å². The smallest absolute Gasteiger partial charge is 0.493 e. The first-order valence-electron chi connectivity index (χ1n) is 12.3. The largest absolute Gasteiger partial charge is 0.573 e. The second kappa shape index (κ2) is 10.7. The number of piperidine rings is 1. The number of rotatable bonds is 7. The van der Waals surface area contributed by atoms with Crippen LogP contribution >= 0.6 is 0 Å². The summed E-state index contributed by atoms with van der Waals surface area (Å²) >= 11 is 0. The van der Waals surface area contributed by atoms with Gasteiger partial charge in [0, 0.05) is 25.1 Å². The molecule has 4 rings (SSSR count). The summed E-state index contributed by atoms with van der Waals surface area (Å²) in [5, 5.41) is 6.10. The van der Waals surface area contributed by atoms with E-state index in [2.05, 4.69) is 9.84 Å². The highest BCUT2D eigenvalue weighted by Gasteiger charge is 2.43. The van der Waals surface area contributed by atoms with E-state index in [0.29, 0.717) is 23.6 Å². The normalized spacial score (nSPS) is 19.0.